The van der Waals surface area contributed by atoms with Gasteiger partial charge in [-0.25, -0.2) is 0 Å². The van der Waals surface area contributed by atoms with Crippen LogP contribution in [0.3, 0.4) is 0 Å². The molecule has 0 aliphatic rings. The molecule has 0 unspecified atom stereocenters. The Hall–Kier alpha value is -2.80. The quantitative estimate of drug-likeness (QED) is 0.771. The Morgan fingerprint density at radius 1 is 1.12 bits per heavy atom. The number of nitrogens with one attached hydrogen (secondary N) is 1. The summed E-state index contributed by atoms with van der Waals surface area (Å²) in [6, 6.07) is 8.06. The van der Waals surface area contributed by atoms with E-state index in [1.807, 2.05) is 19.1 Å². The van der Waals surface area contributed by atoms with Crippen LogP contribution in [0, 0.1) is 20.8 Å². The van der Waals surface area contributed by atoms with Crippen LogP contribution in [0.2, 0.25) is 0 Å². The van der Waals surface area contributed by atoms with Crippen molar-refractivity contribution in [3.8, 4) is 16.3 Å². The second kappa shape index (κ2) is 6.98. The lowest BCUT2D eigenvalue weighted by atomic mass is 9.97. The lowest BCUT2D eigenvalue weighted by Crippen LogP contribution is -2.14. The summed E-state index contributed by atoms with van der Waals surface area (Å²) in [6.45, 7) is 6.02. The van der Waals surface area contributed by atoms with Gasteiger partial charge in [-0.05, 0) is 60.4 Å². The van der Waals surface area contributed by atoms with Crippen molar-refractivity contribution in [3.05, 3.63) is 52.8 Å². The number of pyridine rings is 1. The van der Waals surface area contributed by atoms with Gasteiger partial charge in [-0.15, -0.1) is 5.10 Å². The molecule has 0 fully saturated rings. The van der Waals surface area contributed by atoms with E-state index >= 15 is 0 Å². The summed E-state index contributed by atoms with van der Waals surface area (Å²) in [6.07, 6.45) is 1.59. The van der Waals surface area contributed by atoms with Gasteiger partial charge >= 0.3 is 0 Å². The molecule has 0 atom stereocenters. The predicted molar refractivity (Wildman–Crippen MR) is 98.3 cm³/mol. The Morgan fingerprint density at radius 2 is 1.92 bits per heavy atom. The van der Waals surface area contributed by atoms with Crippen LogP contribution in [0.1, 0.15) is 27.2 Å². The van der Waals surface area contributed by atoms with Crippen LogP contribution in [0.25, 0.3) is 11.1 Å². The van der Waals surface area contributed by atoms with E-state index in [0.29, 0.717) is 15.9 Å². The average molecular weight is 354 g/mol. The molecule has 1 N–H and O–H groups in total. The van der Waals surface area contributed by atoms with Gasteiger partial charge in [0.15, 0.2) is 0 Å². The van der Waals surface area contributed by atoms with Crippen LogP contribution < -0.4 is 10.1 Å². The van der Waals surface area contributed by atoms with Crippen LogP contribution in [0.4, 0.5) is 5.13 Å². The zero-order valence-electron chi connectivity index (χ0n) is 14.5. The maximum atomic E-state index is 12.7. The van der Waals surface area contributed by atoms with Crippen LogP contribution >= 0.6 is 11.3 Å². The number of ether oxygens (including phenoxy) is 1. The number of hydrogen-bond acceptors (Lipinski definition) is 6. The first-order valence-electron chi connectivity index (χ1n) is 7.71. The fourth-order valence-corrected chi connectivity index (χ4v) is 2.95. The molecule has 0 bridgehead atoms. The standard InChI is InChI=1S/C18H18N4O2S/c1-10-5-6-13(7-11(10)2)14-8-12(3)19-9-15(14)16(23)20-17-21-22-18(24-4)25-17/h5-9H,1-4H3,(H,20,21,23). The highest BCUT2D eigenvalue weighted by Gasteiger charge is 2.16. The van der Waals surface area contributed by atoms with Gasteiger partial charge in [0, 0.05) is 11.9 Å². The number of aryl methyl sites for hydroxylation is 3. The van der Waals surface area contributed by atoms with Crippen molar-refractivity contribution in [3.63, 3.8) is 0 Å². The van der Waals surface area contributed by atoms with Gasteiger partial charge in [-0.1, -0.05) is 23.3 Å². The van der Waals surface area contributed by atoms with E-state index in [1.54, 1.807) is 6.20 Å². The number of nitrogens with zero attached hydrogens (tertiary/aromatic N) is 3. The molecule has 2 aromatic heterocycles. The normalized spacial score (nSPS) is 10.6. The van der Waals surface area contributed by atoms with Crippen LogP contribution in [-0.4, -0.2) is 28.2 Å². The van der Waals surface area contributed by atoms with Gasteiger partial charge in [0.25, 0.3) is 11.1 Å². The lowest BCUT2D eigenvalue weighted by molar-refractivity contribution is 0.102. The van der Waals surface area contributed by atoms with Crippen LogP contribution in [0.5, 0.6) is 5.19 Å². The summed E-state index contributed by atoms with van der Waals surface area (Å²) in [5.41, 5.74) is 5.54. The number of carbonyl (C=O) groups is 1. The highest BCUT2D eigenvalue weighted by Crippen LogP contribution is 2.28. The molecular weight excluding hydrogens is 336 g/mol. The van der Waals surface area contributed by atoms with Crippen LogP contribution in [0.15, 0.2) is 30.5 Å². The van der Waals surface area contributed by atoms with E-state index in [-0.39, 0.29) is 5.91 Å². The summed E-state index contributed by atoms with van der Waals surface area (Å²) in [5.74, 6) is -0.278. The molecule has 0 aliphatic carbocycles. The zero-order chi connectivity index (χ0) is 18.0. The highest BCUT2D eigenvalue weighted by molar-refractivity contribution is 7.17. The van der Waals surface area contributed by atoms with Crippen molar-refractivity contribution in [1.82, 2.24) is 15.2 Å². The molecule has 0 saturated carbocycles. The molecule has 0 aliphatic heterocycles. The second-order valence-electron chi connectivity index (χ2n) is 5.70. The van der Waals surface area contributed by atoms with Crippen molar-refractivity contribution in [2.75, 3.05) is 12.4 Å². The zero-order valence-corrected chi connectivity index (χ0v) is 15.3. The SMILES string of the molecule is COc1nnc(NC(=O)c2cnc(C)cc2-c2ccc(C)c(C)c2)s1. The van der Waals surface area contributed by atoms with Gasteiger partial charge in [0.2, 0.25) is 5.13 Å². The minimum Gasteiger partial charge on any atom is -0.472 e. The van der Waals surface area contributed by atoms with E-state index in [0.717, 1.165) is 16.8 Å². The third kappa shape index (κ3) is 3.66. The number of methoxy groups -OCH3 is 1. The molecule has 0 radical (unpaired) electrons. The van der Waals surface area contributed by atoms with E-state index in [9.17, 15) is 4.79 Å². The first-order valence-corrected chi connectivity index (χ1v) is 8.52. The monoisotopic (exact) mass is 354 g/mol. The maximum Gasteiger partial charge on any atom is 0.295 e. The van der Waals surface area contributed by atoms with E-state index < -0.39 is 0 Å². The number of amides is 1. The third-order valence-corrected chi connectivity index (χ3v) is 4.70. The largest absolute Gasteiger partial charge is 0.472 e. The summed E-state index contributed by atoms with van der Waals surface area (Å²) in [7, 11) is 1.51. The Balaban J connectivity index is 1.98. The van der Waals surface area contributed by atoms with Crippen molar-refractivity contribution >= 4 is 22.4 Å². The fourth-order valence-electron chi connectivity index (χ4n) is 2.40. The molecule has 3 aromatic rings. The van der Waals surface area contributed by atoms with Crippen molar-refractivity contribution in [1.29, 1.82) is 0 Å². The molecule has 128 valence electrons. The minimum absolute atomic E-state index is 0.278. The van der Waals surface area contributed by atoms with Crippen molar-refractivity contribution in [2.24, 2.45) is 0 Å². The number of benzene rings is 1. The summed E-state index contributed by atoms with van der Waals surface area (Å²) in [5, 5.41) is 11.2. The molecule has 3 rings (SSSR count). The van der Waals surface area contributed by atoms with Crippen molar-refractivity contribution in [2.45, 2.75) is 20.8 Å². The lowest BCUT2D eigenvalue weighted by Gasteiger charge is -2.11. The van der Waals surface area contributed by atoms with Gasteiger partial charge < -0.3 is 4.74 Å². The Labute approximate surface area is 149 Å². The Bertz CT molecular complexity index is 937. The number of hydrogen-bond donors (Lipinski definition) is 1. The van der Waals surface area contributed by atoms with E-state index in [1.165, 1.54) is 29.6 Å². The molecular formula is C18H18N4O2S. The summed E-state index contributed by atoms with van der Waals surface area (Å²) < 4.78 is 5.00. The first kappa shape index (κ1) is 17.0. The molecule has 6 nitrogen and oxygen atoms in total. The summed E-state index contributed by atoms with van der Waals surface area (Å²) >= 11 is 1.17. The molecule has 1 aromatic carbocycles. The molecule has 1 amide bonds. The van der Waals surface area contributed by atoms with Gasteiger partial charge in [-0.3, -0.25) is 15.1 Å². The fraction of sp³-hybridized carbons (Fsp3) is 0.222. The molecule has 0 saturated heterocycles. The summed E-state index contributed by atoms with van der Waals surface area (Å²) in [4.78, 5) is 17.0. The van der Waals surface area contributed by atoms with Crippen molar-refractivity contribution < 1.29 is 9.53 Å². The van der Waals surface area contributed by atoms with E-state index in [2.05, 4.69) is 46.5 Å². The second-order valence-corrected chi connectivity index (χ2v) is 6.64. The van der Waals surface area contributed by atoms with Crippen LogP contribution in [-0.2, 0) is 0 Å². The molecule has 25 heavy (non-hydrogen) atoms. The Morgan fingerprint density at radius 3 is 2.60 bits per heavy atom. The van der Waals surface area contributed by atoms with Gasteiger partial charge in [-0.2, -0.15) is 0 Å². The highest BCUT2D eigenvalue weighted by atomic mass is 32.1. The molecule has 0 spiro atoms. The maximum absolute atomic E-state index is 12.7. The first-order chi connectivity index (χ1) is 12.0. The smallest absolute Gasteiger partial charge is 0.295 e. The number of rotatable bonds is 4. The number of anilines is 1. The van der Waals surface area contributed by atoms with Gasteiger partial charge in [0.05, 0.1) is 12.7 Å². The van der Waals surface area contributed by atoms with E-state index in [4.69, 9.17) is 4.74 Å². The topological polar surface area (TPSA) is 77.0 Å². The predicted octanol–water partition coefficient (Wildman–Crippen LogP) is 3.79. The molecule has 2 heterocycles. The minimum atomic E-state index is -0.278. The van der Waals surface area contributed by atoms with Gasteiger partial charge in [0.1, 0.15) is 0 Å². The average Bonchev–Trinajstić information content (AvgIpc) is 3.04. The Kier molecular flexibility index (Phi) is 4.76. The third-order valence-electron chi connectivity index (χ3n) is 3.90. The molecule has 7 heteroatoms. The number of aromatic nitrogens is 3. The number of carbonyl (C=O) groups excluding carboxylic acids is 1.